The zero-order valence-electron chi connectivity index (χ0n) is 19.6. The van der Waals surface area contributed by atoms with Crippen LogP contribution < -0.4 is 16.8 Å². The normalized spacial score (nSPS) is 51.5. The summed E-state index contributed by atoms with van der Waals surface area (Å²) in [6.45, 7) is -0.764. The van der Waals surface area contributed by atoms with Crippen LogP contribution >= 0.6 is 0 Å². The largest absolute Gasteiger partial charge is 0.394 e. The molecule has 1 amide bonds. The highest BCUT2D eigenvalue weighted by Crippen LogP contribution is 2.34. The number of rotatable bonds is 7. The third-order valence-electron chi connectivity index (χ3n) is 7.39. The van der Waals surface area contributed by atoms with Crippen molar-refractivity contribution in [2.75, 3.05) is 13.2 Å². The first-order valence-electron chi connectivity index (χ1n) is 12.1. The lowest BCUT2D eigenvalue weighted by molar-refractivity contribution is -0.250. The molecule has 15 heteroatoms. The Balaban J connectivity index is 1.39. The number of nitrogens with one attached hydrogen (secondary N) is 1. The fourth-order valence-corrected chi connectivity index (χ4v) is 5.14. The van der Waals surface area contributed by atoms with Gasteiger partial charge in [-0.15, -0.1) is 0 Å². The van der Waals surface area contributed by atoms with Crippen LogP contribution in [0.5, 0.6) is 0 Å². The van der Waals surface area contributed by atoms with Gasteiger partial charge in [0.15, 0.2) is 12.6 Å². The summed E-state index contributed by atoms with van der Waals surface area (Å²) in [5.41, 5.74) is 10.0. The minimum atomic E-state index is -1.65. The number of aliphatic hydroxyl groups excluding tert-OH is 6. The second-order valence-electron chi connectivity index (χ2n) is 10.2. The molecule has 208 valence electrons. The van der Waals surface area contributed by atoms with Crippen LogP contribution in [0.1, 0.15) is 25.7 Å². The van der Waals surface area contributed by atoms with Crippen LogP contribution in [0.25, 0.3) is 0 Å². The Hall–Kier alpha value is -1.05. The monoisotopic (exact) mass is 523 g/mol. The van der Waals surface area contributed by atoms with E-state index < -0.39 is 91.6 Å². The van der Waals surface area contributed by atoms with Crippen LogP contribution in [0.15, 0.2) is 0 Å². The van der Waals surface area contributed by atoms with E-state index in [9.17, 15) is 40.5 Å². The molecule has 4 aliphatic rings. The molecule has 12 N–H and O–H groups in total. The van der Waals surface area contributed by atoms with Crippen LogP contribution in [0.3, 0.4) is 0 Å². The lowest BCUT2D eigenvalue weighted by atomic mass is 9.75. The smallest absolute Gasteiger partial charge is 0.252 e. The molecule has 0 aromatic rings. The van der Waals surface area contributed by atoms with E-state index in [1.807, 2.05) is 0 Å². The summed E-state index contributed by atoms with van der Waals surface area (Å²) in [4.78, 5) is 12.5. The predicted octanol–water partition coefficient (Wildman–Crippen LogP) is -5.91. The average Bonchev–Trinajstić information content (AvgIpc) is 3.10. The first-order valence-corrected chi connectivity index (χ1v) is 12.1. The number of hydrogen-bond acceptors (Lipinski definition) is 14. The number of carbonyl (C=O) groups excluding carboxylic acids is 1. The molecular weight excluding hydrogens is 486 g/mol. The highest BCUT2D eigenvalue weighted by atomic mass is 16.7. The van der Waals surface area contributed by atoms with E-state index >= 15 is 0 Å². The summed E-state index contributed by atoms with van der Waals surface area (Å²) in [7, 11) is 0. The molecule has 0 spiro atoms. The van der Waals surface area contributed by atoms with Gasteiger partial charge in [-0.3, -0.25) is 4.79 Å². The lowest BCUT2D eigenvalue weighted by Crippen LogP contribution is -2.68. The van der Waals surface area contributed by atoms with E-state index in [0.717, 1.165) is 0 Å². The molecule has 2 heterocycles. The van der Waals surface area contributed by atoms with Gasteiger partial charge < -0.3 is 71.5 Å². The van der Waals surface area contributed by atoms with E-state index in [1.165, 1.54) is 0 Å². The van der Waals surface area contributed by atoms with Gasteiger partial charge in [0.2, 0.25) is 0 Å². The highest BCUT2D eigenvalue weighted by molar-refractivity contribution is 5.86. The van der Waals surface area contributed by atoms with Gasteiger partial charge in [0.25, 0.3) is 5.91 Å². The van der Waals surface area contributed by atoms with E-state index in [0.29, 0.717) is 0 Å². The molecule has 0 aromatic carbocycles. The zero-order chi connectivity index (χ0) is 26.4. The Kier molecular flexibility index (Phi) is 8.53. The Bertz CT molecular complexity index is 772. The maximum absolute atomic E-state index is 12.5. The summed E-state index contributed by atoms with van der Waals surface area (Å²) >= 11 is 0. The van der Waals surface area contributed by atoms with Gasteiger partial charge in [0.05, 0.1) is 31.5 Å². The standard InChI is InChI=1S/C21H37N3O12/c22-7-3-21(32,4-7)20(31)24-9-1-8(23)14(28)18(15(9)29)36-19-16(30)17(12(5-25)34-19)35-13-2-10(26)11(27)6-33-13/h7-19,25-30,32H,1-6,22-23H2,(H,24,31). The van der Waals surface area contributed by atoms with Crippen LogP contribution in [-0.4, -0.2) is 140 Å². The van der Waals surface area contributed by atoms with Crippen molar-refractivity contribution in [3.05, 3.63) is 0 Å². The molecule has 12 atom stereocenters. The molecule has 36 heavy (non-hydrogen) atoms. The SMILES string of the molecule is NC1CC(O)(C(=O)NC2CC(N)C(O)C(OC3OC(CO)C(OC4CC(O)C(O)CO4)C3O)C2O)C1. The number of nitrogens with two attached hydrogens (primary N) is 2. The molecule has 2 aliphatic heterocycles. The van der Waals surface area contributed by atoms with E-state index in [1.54, 1.807) is 0 Å². The highest BCUT2D eigenvalue weighted by Gasteiger charge is 2.53. The van der Waals surface area contributed by atoms with Gasteiger partial charge in [0, 0.05) is 31.3 Å². The summed E-state index contributed by atoms with van der Waals surface area (Å²) in [5, 5.41) is 74.3. The molecule has 2 saturated carbocycles. The van der Waals surface area contributed by atoms with E-state index in [4.69, 9.17) is 30.4 Å². The molecule has 4 rings (SSSR count). The van der Waals surface area contributed by atoms with Crippen LogP contribution in [0, 0.1) is 0 Å². The van der Waals surface area contributed by atoms with Crippen LogP contribution in [0.4, 0.5) is 0 Å². The summed E-state index contributed by atoms with van der Waals surface area (Å²) < 4.78 is 22.2. The van der Waals surface area contributed by atoms with Crippen LogP contribution in [-0.2, 0) is 23.7 Å². The average molecular weight is 524 g/mol. The zero-order valence-corrected chi connectivity index (χ0v) is 19.6. The van der Waals surface area contributed by atoms with Crippen LogP contribution in [0.2, 0.25) is 0 Å². The second kappa shape index (κ2) is 11.0. The maximum Gasteiger partial charge on any atom is 0.252 e. The van der Waals surface area contributed by atoms with Gasteiger partial charge in [0.1, 0.15) is 42.2 Å². The number of amides is 1. The Morgan fingerprint density at radius 3 is 2.28 bits per heavy atom. The Labute approximate surface area is 206 Å². The number of ether oxygens (including phenoxy) is 4. The first-order chi connectivity index (χ1) is 16.9. The van der Waals surface area contributed by atoms with Crippen molar-refractivity contribution in [1.29, 1.82) is 0 Å². The first kappa shape index (κ1) is 28.0. The van der Waals surface area contributed by atoms with Crippen molar-refractivity contribution in [3.8, 4) is 0 Å². The molecule has 4 fully saturated rings. The molecule has 15 nitrogen and oxygen atoms in total. The summed E-state index contributed by atoms with van der Waals surface area (Å²) in [6, 6.07) is -2.21. The molecule has 0 aromatic heterocycles. The van der Waals surface area contributed by atoms with Crippen molar-refractivity contribution in [2.24, 2.45) is 11.5 Å². The maximum atomic E-state index is 12.5. The van der Waals surface area contributed by atoms with Gasteiger partial charge in [-0.1, -0.05) is 0 Å². The minimum Gasteiger partial charge on any atom is -0.394 e. The van der Waals surface area contributed by atoms with Crippen molar-refractivity contribution < 1.29 is 59.5 Å². The van der Waals surface area contributed by atoms with E-state index in [-0.39, 0.29) is 38.3 Å². The fourth-order valence-electron chi connectivity index (χ4n) is 5.14. The summed E-state index contributed by atoms with van der Waals surface area (Å²) in [6.07, 6.45) is -12.6. The van der Waals surface area contributed by atoms with Gasteiger partial charge in [-0.25, -0.2) is 0 Å². The minimum absolute atomic E-state index is 0.0116. The molecule has 2 aliphatic carbocycles. The number of aliphatic hydroxyl groups is 7. The quantitative estimate of drug-likeness (QED) is 0.149. The molecule has 2 saturated heterocycles. The van der Waals surface area contributed by atoms with Gasteiger partial charge in [-0.05, 0) is 6.42 Å². The van der Waals surface area contributed by atoms with Crippen molar-refractivity contribution in [2.45, 2.75) is 111 Å². The lowest BCUT2D eigenvalue weighted by Gasteiger charge is -2.45. The summed E-state index contributed by atoms with van der Waals surface area (Å²) in [5.74, 6) is -0.721. The third-order valence-corrected chi connectivity index (χ3v) is 7.39. The van der Waals surface area contributed by atoms with Gasteiger partial charge in [-0.2, -0.15) is 0 Å². The Morgan fingerprint density at radius 2 is 1.67 bits per heavy atom. The Morgan fingerprint density at radius 1 is 0.972 bits per heavy atom. The number of carbonyl (C=O) groups is 1. The molecular formula is C21H37N3O12. The van der Waals surface area contributed by atoms with Gasteiger partial charge >= 0.3 is 0 Å². The predicted molar refractivity (Wildman–Crippen MR) is 117 cm³/mol. The van der Waals surface area contributed by atoms with Crippen molar-refractivity contribution in [3.63, 3.8) is 0 Å². The number of hydrogen-bond donors (Lipinski definition) is 10. The fraction of sp³-hybridized carbons (Fsp3) is 0.952. The molecule has 12 unspecified atom stereocenters. The van der Waals surface area contributed by atoms with E-state index in [2.05, 4.69) is 5.32 Å². The second-order valence-corrected chi connectivity index (χ2v) is 10.2. The van der Waals surface area contributed by atoms with Crippen molar-refractivity contribution in [1.82, 2.24) is 5.32 Å². The molecule has 0 bridgehead atoms. The molecule has 0 radical (unpaired) electrons. The topological polar surface area (TPSA) is 260 Å². The third kappa shape index (κ3) is 5.54. The van der Waals surface area contributed by atoms with Crippen molar-refractivity contribution >= 4 is 5.91 Å².